The van der Waals surface area contributed by atoms with Crippen LogP contribution in [0, 0.1) is 19.8 Å². The Morgan fingerprint density at radius 1 is 1.07 bits per heavy atom. The van der Waals surface area contributed by atoms with Gasteiger partial charge in [0.15, 0.2) is 0 Å². The van der Waals surface area contributed by atoms with Gasteiger partial charge in [-0.1, -0.05) is 73.5 Å². The molecule has 0 saturated carbocycles. The van der Waals surface area contributed by atoms with Crippen LogP contribution in [0.25, 0.3) is 0 Å². The first-order chi connectivity index (χ1) is 12.8. The molecule has 0 saturated heterocycles. The van der Waals surface area contributed by atoms with Crippen molar-refractivity contribution in [1.82, 2.24) is 0 Å². The summed E-state index contributed by atoms with van der Waals surface area (Å²) in [4.78, 5) is 13.8. The van der Waals surface area contributed by atoms with Crippen molar-refractivity contribution in [3.05, 3.63) is 70.8 Å². The maximum absolute atomic E-state index is 12.5. The number of nitrogens with one attached hydrogen (secondary N) is 1. The second kappa shape index (κ2) is 9.18. The quantitative estimate of drug-likeness (QED) is 0.723. The van der Waals surface area contributed by atoms with Crippen LogP contribution in [0.3, 0.4) is 0 Å². The molecule has 3 nitrogen and oxygen atoms in total. The number of esters is 1. The van der Waals surface area contributed by atoms with Crippen molar-refractivity contribution < 1.29 is 14.4 Å². The molecular weight excluding hydrogens is 334 g/mol. The zero-order valence-electron chi connectivity index (χ0n) is 17.6. The van der Waals surface area contributed by atoms with Crippen LogP contribution in [0.4, 0.5) is 0 Å². The van der Waals surface area contributed by atoms with Gasteiger partial charge in [0.2, 0.25) is 0 Å². The van der Waals surface area contributed by atoms with E-state index in [1.165, 1.54) is 21.6 Å². The number of ether oxygens (including phenoxy) is 1. The third-order valence-corrected chi connectivity index (χ3v) is 5.15. The van der Waals surface area contributed by atoms with Crippen LogP contribution < -0.4 is 4.90 Å². The summed E-state index contributed by atoms with van der Waals surface area (Å²) in [5.74, 6) is 0.0186. The Labute approximate surface area is 164 Å². The Morgan fingerprint density at radius 3 is 2.26 bits per heavy atom. The second-order valence-electron chi connectivity index (χ2n) is 8.06. The van der Waals surface area contributed by atoms with E-state index in [1.807, 2.05) is 6.92 Å². The minimum atomic E-state index is -0.676. The lowest BCUT2D eigenvalue weighted by Gasteiger charge is -2.39. The molecule has 0 radical (unpaired) electrons. The van der Waals surface area contributed by atoms with Gasteiger partial charge in [-0.15, -0.1) is 0 Å². The number of hydrogen-bond acceptors (Lipinski definition) is 2. The molecule has 2 aromatic carbocycles. The monoisotopic (exact) mass is 368 g/mol. The number of quaternary nitrogens is 1. The van der Waals surface area contributed by atoms with E-state index in [0.717, 1.165) is 12.1 Å². The van der Waals surface area contributed by atoms with E-state index in [4.69, 9.17) is 4.74 Å². The number of hydrogen-bond donors (Lipinski definition) is 1. The highest BCUT2D eigenvalue weighted by Crippen LogP contribution is 2.38. The molecule has 27 heavy (non-hydrogen) atoms. The van der Waals surface area contributed by atoms with Crippen molar-refractivity contribution >= 4 is 5.97 Å². The first-order valence-corrected chi connectivity index (χ1v) is 9.90. The molecular formula is C24H34NO2+. The summed E-state index contributed by atoms with van der Waals surface area (Å²) in [5.41, 5.74) is 4.00. The zero-order valence-corrected chi connectivity index (χ0v) is 17.6. The van der Waals surface area contributed by atoms with E-state index in [2.05, 4.69) is 83.4 Å². The molecule has 0 spiro atoms. The maximum atomic E-state index is 12.5. The SMILES string of the molecule is CCC(=O)OC(Cc1cccc(C)c1)(c1cccc(C)c1)[C@@H](C)C[NH+](C)C. The topological polar surface area (TPSA) is 30.7 Å². The molecule has 0 aliphatic carbocycles. The van der Waals surface area contributed by atoms with E-state index in [-0.39, 0.29) is 11.9 Å². The van der Waals surface area contributed by atoms with Gasteiger partial charge in [-0.2, -0.15) is 0 Å². The fourth-order valence-corrected chi connectivity index (χ4v) is 3.84. The lowest BCUT2D eigenvalue weighted by atomic mass is 9.76. The molecule has 146 valence electrons. The van der Waals surface area contributed by atoms with E-state index in [1.54, 1.807) is 0 Å². The summed E-state index contributed by atoms with van der Waals surface area (Å²) in [6, 6.07) is 16.9. The summed E-state index contributed by atoms with van der Waals surface area (Å²) in [5, 5.41) is 0. The van der Waals surface area contributed by atoms with Gasteiger partial charge in [0.1, 0.15) is 5.60 Å². The summed E-state index contributed by atoms with van der Waals surface area (Å²) < 4.78 is 6.28. The third-order valence-electron chi connectivity index (χ3n) is 5.15. The summed E-state index contributed by atoms with van der Waals surface area (Å²) >= 11 is 0. The van der Waals surface area contributed by atoms with Crippen LogP contribution in [0.2, 0.25) is 0 Å². The number of aryl methyl sites for hydroxylation is 2. The van der Waals surface area contributed by atoms with Crippen LogP contribution in [0.5, 0.6) is 0 Å². The number of rotatable bonds is 8. The Morgan fingerprint density at radius 2 is 1.70 bits per heavy atom. The molecule has 2 aromatic rings. The van der Waals surface area contributed by atoms with Crippen LogP contribution >= 0.6 is 0 Å². The highest BCUT2D eigenvalue weighted by atomic mass is 16.6. The van der Waals surface area contributed by atoms with Crippen LogP contribution in [-0.2, 0) is 21.6 Å². The number of carbonyl (C=O) groups excluding carboxylic acids is 1. The van der Waals surface area contributed by atoms with E-state index >= 15 is 0 Å². The average molecular weight is 369 g/mol. The summed E-state index contributed by atoms with van der Waals surface area (Å²) in [7, 11) is 4.29. The van der Waals surface area contributed by atoms with Gasteiger partial charge >= 0.3 is 5.97 Å². The van der Waals surface area contributed by atoms with Crippen molar-refractivity contribution in [2.45, 2.75) is 46.1 Å². The van der Waals surface area contributed by atoms with Crippen LogP contribution in [0.15, 0.2) is 48.5 Å². The van der Waals surface area contributed by atoms with Gasteiger partial charge in [0.25, 0.3) is 0 Å². The molecule has 0 amide bonds. The Kier molecular flexibility index (Phi) is 7.20. The van der Waals surface area contributed by atoms with Gasteiger partial charge < -0.3 is 9.64 Å². The van der Waals surface area contributed by atoms with E-state index < -0.39 is 5.60 Å². The van der Waals surface area contributed by atoms with Gasteiger partial charge in [-0.3, -0.25) is 4.79 Å². The maximum Gasteiger partial charge on any atom is 0.306 e. The third kappa shape index (κ3) is 5.43. The van der Waals surface area contributed by atoms with Crippen LogP contribution in [-0.4, -0.2) is 26.6 Å². The molecule has 0 aliphatic rings. The van der Waals surface area contributed by atoms with Crippen LogP contribution in [0.1, 0.15) is 42.5 Å². The Balaban J connectivity index is 2.61. The zero-order chi connectivity index (χ0) is 20.0. The predicted molar refractivity (Wildman–Crippen MR) is 111 cm³/mol. The average Bonchev–Trinajstić information content (AvgIpc) is 2.60. The molecule has 2 rings (SSSR count). The van der Waals surface area contributed by atoms with Gasteiger partial charge in [-0.25, -0.2) is 0 Å². The van der Waals surface area contributed by atoms with Gasteiger partial charge in [0, 0.05) is 18.8 Å². The van der Waals surface area contributed by atoms with E-state index in [0.29, 0.717) is 12.8 Å². The minimum absolute atomic E-state index is 0.148. The molecule has 3 heteroatoms. The molecule has 0 fully saturated rings. The highest BCUT2D eigenvalue weighted by molar-refractivity contribution is 5.70. The fraction of sp³-hybridized carbons (Fsp3) is 0.458. The highest BCUT2D eigenvalue weighted by Gasteiger charge is 2.43. The van der Waals surface area contributed by atoms with Gasteiger partial charge in [0.05, 0.1) is 20.6 Å². The standard InChI is InChI=1S/C24H33NO2/c1-7-23(26)27-24(20(4)17-25(5)6,22-13-9-11-19(3)15-22)16-21-12-8-10-18(2)14-21/h8-15,20H,7,16-17H2,1-6H3/p+1/t20-,24?/m0/s1. The first kappa shape index (κ1) is 21.2. The van der Waals surface area contributed by atoms with Crippen molar-refractivity contribution in [3.63, 3.8) is 0 Å². The molecule has 0 bridgehead atoms. The second-order valence-corrected chi connectivity index (χ2v) is 8.06. The number of benzene rings is 2. The largest absolute Gasteiger partial charge is 0.453 e. The minimum Gasteiger partial charge on any atom is -0.453 e. The predicted octanol–water partition coefficient (Wildman–Crippen LogP) is 3.48. The Bertz CT molecular complexity index is 768. The lowest BCUT2D eigenvalue weighted by molar-refractivity contribution is -0.863. The molecule has 1 N–H and O–H groups in total. The molecule has 0 heterocycles. The lowest BCUT2D eigenvalue weighted by Crippen LogP contribution is -3.06. The van der Waals surface area contributed by atoms with E-state index in [9.17, 15) is 4.79 Å². The van der Waals surface area contributed by atoms with Crippen molar-refractivity contribution in [2.24, 2.45) is 5.92 Å². The van der Waals surface area contributed by atoms with Crippen molar-refractivity contribution in [2.75, 3.05) is 20.6 Å². The summed E-state index contributed by atoms with van der Waals surface area (Å²) in [6.45, 7) is 9.16. The fourth-order valence-electron chi connectivity index (χ4n) is 3.84. The van der Waals surface area contributed by atoms with Crippen molar-refractivity contribution in [1.29, 1.82) is 0 Å². The molecule has 0 aromatic heterocycles. The number of carbonyl (C=O) groups is 1. The van der Waals surface area contributed by atoms with Gasteiger partial charge in [-0.05, 0) is 25.0 Å². The smallest absolute Gasteiger partial charge is 0.306 e. The summed E-state index contributed by atoms with van der Waals surface area (Å²) in [6.07, 6.45) is 1.06. The molecule has 0 aliphatic heterocycles. The van der Waals surface area contributed by atoms with Crippen molar-refractivity contribution in [3.8, 4) is 0 Å². The Hall–Kier alpha value is -2.13. The molecule has 1 unspecified atom stereocenters. The normalized spacial score (nSPS) is 14.6. The first-order valence-electron chi connectivity index (χ1n) is 9.90. The molecule has 2 atom stereocenters.